The van der Waals surface area contributed by atoms with Crippen LogP contribution in [0.5, 0.6) is 11.5 Å². The molecule has 0 atom stereocenters. The van der Waals surface area contributed by atoms with Crippen LogP contribution in [0.2, 0.25) is 0 Å². The van der Waals surface area contributed by atoms with Gasteiger partial charge in [0.2, 0.25) is 6.79 Å². The first-order valence-corrected chi connectivity index (χ1v) is 6.11. The summed E-state index contributed by atoms with van der Waals surface area (Å²) in [5, 5.41) is 0. The quantitative estimate of drug-likeness (QED) is 0.727. The van der Waals surface area contributed by atoms with Gasteiger partial charge in [0.25, 0.3) is 0 Å². The van der Waals surface area contributed by atoms with E-state index in [2.05, 4.69) is 23.6 Å². The Hall–Kier alpha value is -1.48. The van der Waals surface area contributed by atoms with Crippen LogP contribution >= 0.6 is 0 Å². The molecule has 0 saturated heterocycles. The number of hydrogen-bond acceptors (Lipinski definition) is 3. The van der Waals surface area contributed by atoms with Crippen LogP contribution in [0, 0.1) is 0 Å². The summed E-state index contributed by atoms with van der Waals surface area (Å²) in [6.07, 6.45) is 4.14. The molecule has 0 aromatic heterocycles. The van der Waals surface area contributed by atoms with E-state index in [1.165, 1.54) is 11.1 Å². The molecule has 2 heterocycles. The molecular weight excluding hydrogens is 214 g/mol. The Morgan fingerprint density at radius 2 is 1.71 bits per heavy atom. The van der Waals surface area contributed by atoms with Gasteiger partial charge in [-0.25, -0.2) is 0 Å². The minimum atomic E-state index is 0.362. The van der Waals surface area contributed by atoms with Crippen LogP contribution in [0.4, 0.5) is 0 Å². The second kappa shape index (κ2) is 4.41. The van der Waals surface area contributed by atoms with Crippen molar-refractivity contribution in [3.8, 4) is 11.5 Å². The smallest absolute Gasteiger partial charge is 0.231 e. The highest BCUT2D eigenvalue weighted by Gasteiger charge is 2.19. The number of rotatable bonds is 2. The molecule has 2 aliphatic heterocycles. The van der Waals surface area contributed by atoms with Crippen molar-refractivity contribution in [1.82, 2.24) is 4.90 Å². The summed E-state index contributed by atoms with van der Waals surface area (Å²) >= 11 is 0. The van der Waals surface area contributed by atoms with E-state index in [0.717, 1.165) is 44.0 Å². The van der Waals surface area contributed by atoms with Gasteiger partial charge in [-0.3, -0.25) is 4.90 Å². The molecule has 0 fully saturated rings. The molecule has 0 radical (unpaired) electrons. The molecule has 0 bridgehead atoms. The van der Waals surface area contributed by atoms with Gasteiger partial charge in [-0.2, -0.15) is 0 Å². The molecule has 0 aliphatic carbocycles. The Morgan fingerprint density at radius 3 is 2.24 bits per heavy atom. The molecule has 0 spiro atoms. The Morgan fingerprint density at radius 1 is 1.12 bits per heavy atom. The van der Waals surface area contributed by atoms with Crippen molar-refractivity contribution >= 4 is 0 Å². The Labute approximate surface area is 102 Å². The standard InChI is InChI=1S/C14H17NO2/c1-2-5-15-6-3-11-8-13-14(17-10-16-13)9-12(11)4-7-15/h2,8-9H,1,3-7,10H2. The number of hydrogen-bond donors (Lipinski definition) is 0. The molecule has 3 nitrogen and oxygen atoms in total. The number of ether oxygens (including phenoxy) is 2. The lowest BCUT2D eigenvalue weighted by molar-refractivity contribution is 0.174. The normalized spacial score (nSPS) is 18.6. The molecule has 1 aromatic rings. The number of benzene rings is 1. The maximum Gasteiger partial charge on any atom is 0.231 e. The van der Waals surface area contributed by atoms with E-state index in [1.54, 1.807) is 0 Å². The summed E-state index contributed by atoms with van der Waals surface area (Å²) < 4.78 is 10.9. The highest BCUT2D eigenvalue weighted by Crippen LogP contribution is 2.35. The molecule has 3 heteroatoms. The van der Waals surface area contributed by atoms with Crippen molar-refractivity contribution in [3.63, 3.8) is 0 Å². The third-order valence-corrected chi connectivity index (χ3v) is 3.48. The summed E-state index contributed by atoms with van der Waals surface area (Å²) in [6.45, 7) is 7.33. The van der Waals surface area contributed by atoms with Crippen LogP contribution in [0.15, 0.2) is 24.8 Å². The topological polar surface area (TPSA) is 21.7 Å². The molecule has 0 amide bonds. The van der Waals surface area contributed by atoms with E-state index in [0.29, 0.717) is 6.79 Å². The lowest BCUT2D eigenvalue weighted by atomic mass is 10.0. The predicted octanol–water partition coefficient (Wildman–Crippen LogP) is 2.00. The highest BCUT2D eigenvalue weighted by atomic mass is 16.7. The third kappa shape index (κ3) is 2.03. The van der Waals surface area contributed by atoms with Crippen molar-refractivity contribution in [2.75, 3.05) is 26.4 Å². The van der Waals surface area contributed by atoms with Crippen molar-refractivity contribution in [2.24, 2.45) is 0 Å². The first-order valence-electron chi connectivity index (χ1n) is 6.11. The average molecular weight is 231 g/mol. The van der Waals surface area contributed by atoms with E-state index >= 15 is 0 Å². The van der Waals surface area contributed by atoms with Crippen molar-refractivity contribution in [3.05, 3.63) is 35.9 Å². The van der Waals surface area contributed by atoms with Gasteiger partial charge in [-0.1, -0.05) is 6.08 Å². The second-order valence-corrected chi connectivity index (χ2v) is 4.56. The zero-order valence-corrected chi connectivity index (χ0v) is 9.95. The maximum atomic E-state index is 5.43. The highest BCUT2D eigenvalue weighted by molar-refractivity contribution is 5.49. The van der Waals surface area contributed by atoms with E-state index in [9.17, 15) is 0 Å². The van der Waals surface area contributed by atoms with Crippen molar-refractivity contribution in [2.45, 2.75) is 12.8 Å². The fourth-order valence-electron chi connectivity index (χ4n) is 2.53. The van der Waals surface area contributed by atoms with Crippen LogP contribution in [0.3, 0.4) is 0 Å². The van der Waals surface area contributed by atoms with Crippen LogP contribution in [-0.2, 0) is 12.8 Å². The largest absolute Gasteiger partial charge is 0.454 e. The lowest BCUT2D eigenvalue weighted by Crippen LogP contribution is -2.26. The fraction of sp³-hybridized carbons (Fsp3) is 0.429. The maximum absolute atomic E-state index is 5.43. The number of nitrogens with zero attached hydrogens (tertiary/aromatic N) is 1. The first kappa shape index (κ1) is 10.7. The summed E-state index contributed by atoms with van der Waals surface area (Å²) in [4.78, 5) is 2.43. The zero-order valence-electron chi connectivity index (χ0n) is 9.95. The van der Waals surface area contributed by atoms with Crippen LogP contribution in [0.25, 0.3) is 0 Å². The third-order valence-electron chi connectivity index (χ3n) is 3.48. The average Bonchev–Trinajstić information content (AvgIpc) is 2.70. The van der Waals surface area contributed by atoms with Crippen molar-refractivity contribution < 1.29 is 9.47 Å². The van der Waals surface area contributed by atoms with Gasteiger partial charge in [-0.05, 0) is 36.1 Å². The minimum Gasteiger partial charge on any atom is -0.454 e. The molecule has 1 aromatic carbocycles. The monoisotopic (exact) mass is 231 g/mol. The minimum absolute atomic E-state index is 0.362. The summed E-state index contributed by atoms with van der Waals surface area (Å²) in [6, 6.07) is 4.30. The zero-order chi connectivity index (χ0) is 11.7. The molecule has 3 rings (SSSR count). The van der Waals surface area contributed by atoms with Gasteiger partial charge < -0.3 is 9.47 Å². The lowest BCUT2D eigenvalue weighted by Gasteiger charge is -2.16. The molecule has 90 valence electrons. The molecule has 0 saturated carbocycles. The van der Waals surface area contributed by atoms with E-state index in [-0.39, 0.29) is 0 Å². The van der Waals surface area contributed by atoms with Gasteiger partial charge in [0.1, 0.15) is 0 Å². The Bertz CT molecular complexity index is 407. The molecule has 0 N–H and O–H groups in total. The van der Waals surface area contributed by atoms with Crippen LogP contribution < -0.4 is 9.47 Å². The predicted molar refractivity (Wildman–Crippen MR) is 66.6 cm³/mol. The summed E-state index contributed by atoms with van der Waals surface area (Å²) in [5.74, 6) is 1.81. The second-order valence-electron chi connectivity index (χ2n) is 4.56. The van der Waals surface area contributed by atoms with Gasteiger partial charge in [0.05, 0.1) is 0 Å². The van der Waals surface area contributed by atoms with Gasteiger partial charge >= 0.3 is 0 Å². The van der Waals surface area contributed by atoms with E-state index in [1.807, 2.05) is 6.08 Å². The number of fused-ring (bicyclic) bond motifs is 2. The Balaban J connectivity index is 1.84. The van der Waals surface area contributed by atoms with E-state index < -0.39 is 0 Å². The SMILES string of the molecule is C=CCN1CCc2cc3c(cc2CC1)OCO3. The molecule has 0 unspecified atom stereocenters. The van der Waals surface area contributed by atoms with Crippen molar-refractivity contribution in [1.29, 1.82) is 0 Å². The van der Waals surface area contributed by atoms with Gasteiger partial charge in [-0.15, -0.1) is 6.58 Å². The van der Waals surface area contributed by atoms with E-state index in [4.69, 9.17) is 9.47 Å². The van der Waals surface area contributed by atoms with Gasteiger partial charge in [0, 0.05) is 19.6 Å². The summed E-state index contributed by atoms with van der Waals surface area (Å²) in [7, 11) is 0. The van der Waals surface area contributed by atoms with Gasteiger partial charge in [0.15, 0.2) is 11.5 Å². The molecule has 17 heavy (non-hydrogen) atoms. The Kier molecular flexibility index (Phi) is 2.77. The summed E-state index contributed by atoms with van der Waals surface area (Å²) in [5.41, 5.74) is 2.81. The first-order chi connectivity index (χ1) is 8.36. The molecule has 2 aliphatic rings. The fourth-order valence-corrected chi connectivity index (χ4v) is 2.53. The van der Waals surface area contributed by atoms with Crippen LogP contribution in [-0.4, -0.2) is 31.3 Å². The van der Waals surface area contributed by atoms with Crippen LogP contribution in [0.1, 0.15) is 11.1 Å². The molecular formula is C14H17NO2.